The van der Waals surface area contributed by atoms with Crippen molar-refractivity contribution >= 4 is 17.7 Å². The minimum Gasteiger partial charge on any atom is -0.493 e. The molecule has 9 heteroatoms. The molecule has 2 aliphatic rings. The topological polar surface area (TPSA) is 134 Å². The lowest BCUT2D eigenvalue weighted by Gasteiger charge is -2.32. The average Bonchev–Trinajstić information content (AvgIpc) is 3.23. The van der Waals surface area contributed by atoms with Crippen LogP contribution in [0.25, 0.3) is 0 Å². The second kappa shape index (κ2) is 16.3. The van der Waals surface area contributed by atoms with Crippen LogP contribution in [-0.2, 0) is 22.6 Å². The predicted octanol–water partition coefficient (Wildman–Crippen LogP) is 4.07. The molecule has 0 aromatic heterocycles. The summed E-state index contributed by atoms with van der Waals surface area (Å²) in [6.45, 7) is 5.20. The number of likely N-dealkylation sites (tertiary alicyclic amines) is 1. The Hall–Kier alpha value is -3.69. The van der Waals surface area contributed by atoms with Gasteiger partial charge in [0.05, 0.1) is 14.2 Å². The van der Waals surface area contributed by atoms with Gasteiger partial charge >= 0.3 is 11.9 Å². The van der Waals surface area contributed by atoms with E-state index >= 15 is 0 Å². The van der Waals surface area contributed by atoms with Gasteiger partial charge in [0.25, 0.3) is 0 Å². The maximum atomic E-state index is 12.9. The van der Waals surface area contributed by atoms with Crippen molar-refractivity contribution in [1.82, 2.24) is 4.90 Å². The fourth-order valence-corrected chi connectivity index (χ4v) is 4.85. The van der Waals surface area contributed by atoms with Crippen LogP contribution < -0.4 is 9.47 Å². The normalized spacial score (nSPS) is 16.9. The van der Waals surface area contributed by atoms with Crippen LogP contribution in [0.1, 0.15) is 47.7 Å². The molecule has 2 aromatic carbocycles. The van der Waals surface area contributed by atoms with Crippen molar-refractivity contribution in [1.29, 1.82) is 0 Å². The van der Waals surface area contributed by atoms with Crippen molar-refractivity contribution in [3.63, 3.8) is 0 Å². The number of methoxy groups -OCH3 is 2. The molecule has 1 saturated heterocycles. The highest BCUT2D eigenvalue weighted by molar-refractivity contribution is 6.02. The zero-order valence-corrected chi connectivity index (χ0v) is 22.8. The Morgan fingerprint density at radius 2 is 1.51 bits per heavy atom. The van der Waals surface area contributed by atoms with E-state index in [1.54, 1.807) is 21.1 Å². The number of benzene rings is 2. The van der Waals surface area contributed by atoms with E-state index in [1.807, 2.05) is 12.1 Å². The highest BCUT2D eigenvalue weighted by Gasteiger charge is 2.34. The highest BCUT2D eigenvalue weighted by Crippen LogP contribution is 2.39. The first-order chi connectivity index (χ1) is 18.7. The number of hydrogen-bond acceptors (Lipinski definition) is 7. The molecule has 1 heterocycles. The van der Waals surface area contributed by atoms with E-state index in [1.165, 1.54) is 18.4 Å². The molecule has 0 bridgehead atoms. The monoisotopic (exact) mass is 541 g/mol. The second-order valence-corrected chi connectivity index (χ2v) is 9.40. The molecule has 2 aromatic rings. The predicted molar refractivity (Wildman–Crippen MR) is 147 cm³/mol. The maximum absolute atomic E-state index is 12.9. The minimum absolute atomic E-state index is 0.109. The van der Waals surface area contributed by atoms with Gasteiger partial charge in [-0.1, -0.05) is 30.3 Å². The number of hydrogen-bond donors (Lipinski definition) is 3. The molecule has 1 atom stereocenters. The summed E-state index contributed by atoms with van der Waals surface area (Å²) < 4.78 is 10.8. The van der Waals surface area contributed by atoms with Crippen LogP contribution in [0, 0.1) is 11.8 Å². The number of ether oxygens (including phenoxy) is 2. The SMILES string of the molecule is CCO.COc1cc2c(cc1OC)C(=O)C(CC1CCN(Cc3ccccc3)CC1)C2.O=C(O)/C=C\C(=O)O. The Kier molecular flexibility index (Phi) is 13.2. The first-order valence-corrected chi connectivity index (χ1v) is 13.0. The van der Waals surface area contributed by atoms with Crippen LogP contribution in [0.3, 0.4) is 0 Å². The number of carboxylic acid groups (broad SMARTS) is 2. The molecule has 1 aliphatic heterocycles. The fourth-order valence-electron chi connectivity index (χ4n) is 4.85. The molecule has 4 rings (SSSR count). The third-order valence-corrected chi connectivity index (χ3v) is 6.65. The Morgan fingerprint density at radius 1 is 0.974 bits per heavy atom. The summed E-state index contributed by atoms with van der Waals surface area (Å²) in [5, 5.41) is 23.2. The zero-order valence-electron chi connectivity index (χ0n) is 22.8. The van der Waals surface area contributed by atoms with E-state index in [-0.39, 0.29) is 18.3 Å². The molecule has 0 spiro atoms. The number of carboxylic acids is 2. The standard InChI is InChI=1S/C24H29NO3.C4H4O4.C2H6O/c1-27-22-14-19-13-20(24(26)21(19)15-23(22)28-2)12-17-8-10-25(11-9-17)16-18-6-4-3-5-7-18;5-3(6)1-2-4(7)8;1-2-3/h3-7,14-15,17,20H,8-13,16H2,1-2H3;1-2H,(H,5,6)(H,7,8);3H,2H2,1H3/b;2-1-;. The number of nitrogens with zero attached hydrogens (tertiary/aromatic N) is 1. The molecule has 1 fully saturated rings. The lowest BCUT2D eigenvalue weighted by Crippen LogP contribution is -2.34. The molecule has 212 valence electrons. The average molecular weight is 542 g/mol. The van der Waals surface area contributed by atoms with E-state index in [4.69, 9.17) is 24.8 Å². The minimum atomic E-state index is -1.26. The number of Topliss-reactive ketones (excluding diaryl/α,β-unsaturated/α-hetero) is 1. The molecule has 9 nitrogen and oxygen atoms in total. The van der Waals surface area contributed by atoms with Crippen molar-refractivity contribution in [3.05, 3.63) is 71.3 Å². The first-order valence-electron chi connectivity index (χ1n) is 13.0. The molecule has 0 amide bonds. The Morgan fingerprint density at radius 3 is 2.03 bits per heavy atom. The van der Waals surface area contributed by atoms with Gasteiger partial charge in [0, 0.05) is 36.8 Å². The molecular formula is C30H39NO8. The van der Waals surface area contributed by atoms with E-state index in [9.17, 15) is 14.4 Å². The molecule has 39 heavy (non-hydrogen) atoms. The van der Waals surface area contributed by atoms with Gasteiger partial charge in [0.15, 0.2) is 17.3 Å². The third-order valence-electron chi connectivity index (χ3n) is 6.65. The molecule has 0 saturated carbocycles. The Balaban J connectivity index is 0.000000413. The summed E-state index contributed by atoms with van der Waals surface area (Å²) in [6.07, 6.45) is 5.31. The lowest BCUT2D eigenvalue weighted by molar-refractivity contribution is -0.134. The van der Waals surface area contributed by atoms with Gasteiger partial charge in [-0.3, -0.25) is 9.69 Å². The van der Waals surface area contributed by atoms with Crippen molar-refractivity contribution in [3.8, 4) is 11.5 Å². The number of carbonyl (C=O) groups is 3. The van der Waals surface area contributed by atoms with Gasteiger partial charge in [0.2, 0.25) is 0 Å². The van der Waals surface area contributed by atoms with Crippen LogP contribution in [0.4, 0.5) is 0 Å². The highest BCUT2D eigenvalue weighted by atomic mass is 16.5. The molecular weight excluding hydrogens is 502 g/mol. The summed E-state index contributed by atoms with van der Waals surface area (Å²) in [5.74, 6) is -0.132. The molecule has 0 radical (unpaired) electrons. The summed E-state index contributed by atoms with van der Waals surface area (Å²) in [6, 6.07) is 14.5. The zero-order chi connectivity index (χ0) is 28.8. The van der Waals surface area contributed by atoms with E-state index < -0.39 is 11.9 Å². The first kappa shape index (κ1) is 31.5. The van der Waals surface area contributed by atoms with Gasteiger partial charge in [-0.05, 0) is 74.9 Å². The summed E-state index contributed by atoms with van der Waals surface area (Å²) in [4.78, 5) is 34.6. The van der Waals surface area contributed by atoms with Gasteiger partial charge in [-0.25, -0.2) is 9.59 Å². The van der Waals surface area contributed by atoms with Crippen LogP contribution in [0.15, 0.2) is 54.6 Å². The molecule has 3 N–H and O–H groups in total. The van der Waals surface area contributed by atoms with Gasteiger partial charge in [0.1, 0.15) is 0 Å². The maximum Gasteiger partial charge on any atom is 0.328 e. The third kappa shape index (κ3) is 10.2. The summed E-state index contributed by atoms with van der Waals surface area (Å²) in [5.41, 5.74) is 3.31. The lowest BCUT2D eigenvalue weighted by atomic mass is 9.85. The number of ketones is 1. The number of piperidine rings is 1. The van der Waals surface area contributed by atoms with E-state index in [0.717, 1.165) is 43.6 Å². The molecule has 1 unspecified atom stereocenters. The Labute approximate surface area is 229 Å². The van der Waals surface area contributed by atoms with E-state index in [0.29, 0.717) is 29.6 Å². The van der Waals surface area contributed by atoms with Crippen LogP contribution in [0.5, 0.6) is 11.5 Å². The van der Waals surface area contributed by atoms with Crippen LogP contribution >= 0.6 is 0 Å². The van der Waals surface area contributed by atoms with Crippen LogP contribution in [-0.4, -0.2) is 71.9 Å². The smallest absolute Gasteiger partial charge is 0.328 e. The van der Waals surface area contributed by atoms with Crippen molar-refractivity contribution < 1.29 is 39.2 Å². The fraction of sp³-hybridized carbons (Fsp3) is 0.433. The van der Waals surface area contributed by atoms with Crippen LogP contribution in [0.2, 0.25) is 0 Å². The number of aliphatic hydroxyl groups is 1. The number of carbonyl (C=O) groups excluding carboxylic acids is 1. The van der Waals surface area contributed by atoms with Crippen molar-refractivity contribution in [2.45, 2.75) is 39.2 Å². The number of rotatable bonds is 8. The number of aliphatic hydroxyl groups excluding tert-OH is 1. The van der Waals surface area contributed by atoms with E-state index in [2.05, 4.69) is 35.2 Å². The Bertz CT molecular complexity index is 1090. The second-order valence-electron chi connectivity index (χ2n) is 9.40. The number of aliphatic carboxylic acids is 2. The largest absolute Gasteiger partial charge is 0.493 e. The summed E-state index contributed by atoms with van der Waals surface area (Å²) in [7, 11) is 3.26. The molecule has 1 aliphatic carbocycles. The van der Waals surface area contributed by atoms with Gasteiger partial charge < -0.3 is 24.8 Å². The van der Waals surface area contributed by atoms with Crippen molar-refractivity contribution in [2.75, 3.05) is 33.9 Å². The number of fused-ring (bicyclic) bond motifs is 1. The quantitative estimate of drug-likeness (QED) is 0.423. The van der Waals surface area contributed by atoms with Crippen molar-refractivity contribution in [2.24, 2.45) is 11.8 Å². The summed E-state index contributed by atoms with van der Waals surface area (Å²) >= 11 is 0. The van der Waals surface area contributed by atoms with Gasteiger partial charge in [-0.15, -0.1) is 0 Å². The van der Waals surface area contributed by atoms with Gasteiger partial charge in [-0.2, -0.15) is 0 Å².